The number of fused-ring (bicyclic) bond motifs is 3. The molecule has 0 heterocycles. The van der Waals surface area contributed by atoms with Crippen molar-refractivity contribution in [3.05, 3.63) is 69.3 Å². The first-order valence-corrected chi connectivity index (χ1v) is 11.0. The minimum Gasteiger partial charge on any atom is -0.469 e. The average molecular weight is 375 g/mol. The molecule has 0 amide bonds. The second kappa shape index (κ2) is 7.06. The molecule has 0 saturated carbocycles. The van der Waals surface area contributed by atoms with E-state index in [2.05, 4.69) is 30.3 Å². The van der Waals surface area contributed by atoms with Crippen LogP contribution < -0.4 is 0 Å². The summed E-state index contributed by atoms with van der Waals surface area (Å²) in [5.74, 6) is -0.105. The van der Waals surface area contributed by atoms with E-state index in [1.54, 1.807) is 33.4 Å². The summed E-state index contributed by atoms with van der Waals surface area (Å²) >= 11 is 0. The van der Waals surface area contributed by atoms with E-state index in [0.717, 1.165) is 12.8 Å². The van der Waals surface area contributed by atoms with Gasteiger partial charge in [-0.1, -0.05) is 30.3 Å². The van der Waals surface area contributed by atoms with Crippen molar-refractivity contribution in [2.24, 2.45) is 5.41 Å². The maximum absolute atomic E-state index is 11.3. The van der Waals surface area contributed by atoms with E-state index in [4.69, 9.17) is 4.74 Å². The Bertz CT molecular complexity index is 889. The lowest BCUT2D eigenvalue weighted by molar-refractivity contribution is -0.140. The molecular weight excluding hydrogens is 344 g/mol. The molecule has 2 aromatic rings. The van der Waals surface area contributed by atoms with Crippen LogP contribution in [0.15, 0.2) is 30.3 Å². The Balaban J connectivity index is 1.30. The molecule has 2 nitrogen and oxygen atoms in total. The zero-order chi connectivity index (χ0) is 19.1. The highest BCUT2D eigenvalue weighted by Gasteiger charge is 2.42. The second-order valence-corrected chi connectivity index (χ2v) is 9.34. The van der Waals surface area contributed by atoms with Gasteiger partial charge in [-0.2, -0.15) is 0 Å². The predicted molar refractivity (Wildman–Crippen MR) is 112 cm³/mol. The molecule has 0 aliphatic heterocycles. The van der Waals surface area contributed by atoms with E-state index in [1.165, 1.54) is 64.0 Å². The molecule has 0 unspecified atom stereocenters. The Morgan fingerprint density at radius 2 is 1.46 bits per heavy atom. The lowest BCUT2D eigenvalue weighted by Crippen LogP contribution is -2.21. The first kappa shape index (κ1) is 18.0. The smallest absolute Gasteiger partial charge is 0.305 e. The summed E-state index contributed by atoms with van der Waals surface area (Å²) in [5, 5.41) is 0. The molecule has 146 valence electrons. The van der Waals surface area contributed by atoms with Crippen LogP contribution in [-0.2, 0) is 54.5 Å². The minimum atomic E-state index is -0.105. The molecule has 0 radical (unpaired) electrons. The molecule has 0 bridgehead atoms. The average Bonchev–Trinajstić information content (AvgIpc) is 3.22. The molecule has 2 aromatic carbocycles. The van der Waals surface area contributed by atoms with Gasteiger partial charge >= 0.3 is 5.97 Å². The Morgan fingerprint density at radius 3 is 2.11 bits per heavy atom. The van der Waals surface area contributed by atoms with Gasteiger partial charge in [-0.15, -0.1) is 0 Å². The highest BCUT2D eigenvalue weighted by atomic mass is 16.5. The van der Waals surface area contributed by atoms with Gasteiger partial charge in [-0.25, -0.2) is 0 Å². The van der Waals surface area contributed by atoms with E-state index in [1.807, 2.05) is 0 Å². The molecule has 0 aromatic heterocycles. The quantitative estimate of drug-likeness (QED) is 0.708. The first-order chi connectivity index (χ1) is 13.6. The van der Waals surface area contributed by atoms with Crippen LogP contribution in [0.4, 0.5) is 0 Å². The van der Waals surface area contributed by atoms with Crippen molar-refractivity contribution < 1.29 is 9.53 Å². The third kappa shape index (κ3) is 3.27. The number of aryl methyl sites for hydroxylation is 3. The number of hydrogen-bond acceptors (Lipinski definition) is 2. The maximum atomic E-state index is 11.3. The van der Waals surface area contributed by atoms with Crippen molar-refractivity contribution in [1.82, 2.24) is 0 Å². The largest absolute Gasteiger partial charge is 0.469 e. The fourth-order valence-electron chi connectivity index (χ4n) is 5.92. The molecule has 28 heavy (non-hydrogen) atoms. The lowest BCUT2D eigenvalue weighted by atomic mass is 9.82. The predicted octanol–water partition coefficient (Wildman–Crippen LogP) is 4.94. The summed E-state index contributed by atoms with van der Waals surface area (Å²) in [6, 6.07) is 12.1. The second-order valence-electron chi connectivity index (χ2n) is 9.34. The number of ether oxygens (including phenoxy) is 1. The number of rotatable bonds is 4. The van der Waals surface area contributed by atoms with Crippen LogP contribution in [0.3, 0.4) is 0 Å². The van der Waals surface area contributed by atoms with Gasteiger partial charge in [0.15, 0.2) is 0 Å². The van der Waals surface area contributed by atoms with Crippen LogP contribution in [0.25, 0.3) is 0 Å². The molecule has 2 heteroatoms. The summed E-state index contributed by atoms with van der Waals surface area (Å²) in [6.45, 7) is 0. The summed E-state index contributed by atoms with van der Waals surface area (Å²) in [4.78, 5) is 11.3. The standard InChI is InChI=1S/C26H30O2/c1-28-25(27)8-4-5-18-9-10-21-14-26(15-22(21)11-18)16-23-12-19-6-2-3-7-20(19)13-24(23)17-26/h9-13H,2-8,14-17H2,1H3. The lowest BCUT2D eigenvalue weighted by Gasteiger charge is -2.21. The third-order valence-corrected chi connectivity index (χ3v) is 7.27. The topological polar surface area (TPSA) is 26.3 Å². The van der Waals surface area contributed by atoms with Crippen LogP contribution in [0.5, 0.6) is 0 Å². The summed E-state index contributed by atoms with van der Waals surface area (Å²) < 4.78 is 4.75. The Hall–Kier alpha value is -2.09. The Kier molecular flexibility index (Phi) is 4.53. The molecule has 3 aliphatic carbocycles. The van der Waals surface area contributed by atoms with Gasteiger partial charge in [0.1, 0.15) is 0 Å². The molecule has 0 saturated heterocycles. The van der Waals surface area contributed by atoms with Gasteiger partial charge in [-0.05, 0) is 109 Å². The maximum Gasteiger partial charge on any atom is 0.305 e. The van der Waals surface area contributed by atoms with Crippen molar-refractivity contribution in [3.8, 4) is 0 Å². The van der Waals surface area contributed by atoms with Crippen LogP contribution in [0, 0.1) is 5.41 Å². The summed E-state index contributed by atoms with van der Waals surface area (Å²) in [6.07, 6.45) is 12.6. The van der Waals surface area contributed by atoms with E-state index in [0.29, 0.717) is 11.8 Å². The van der Waals surface area contributed by atoms with Crippen LogP contribution in [0.2, 0.25) is 0 Å². The number of esters is 1. The molecule has 3 aliphatic rings. The molecule has 0 N–H and O–H groups in total. The fourth-order valence-corrected chi connectivity index (χ4v) is 5.92. The van der Waals surface area contributed by atoms with E-state index >= 15 is 0 Å². The van der Waals surface area contributed by atoms with Gasteiger partial charge in [0, 0.05) is 6.42 Å². The first-order valence-electron chi connectivity index (χ1n) is 11.0. The highest BCUT2D eigenvalue weighted by Crippen LogP contribution is 2.48. The van der Waals surface area contributed by atoms with Crippen LogP contribution in [-0.4, -0.2) is 13.1 Å². The monoisotopic (exact) mass is 374 g/mol. The van der Waals surface area contributed by atoms with Gasteiger partial charge in [0.25, 0.3) is 0 Å². The van der Waals surface area contributed by atoms with Crippen molar-refractivity contribution in [2.45, 2.75) is 70.6 Å². The Morgan fingerprint density at radius 1 is 0.857 bits per heavy atom. The van der Waals surface area contributed by atoms with Gasteiger partial charge < -0.3 is 4.74 Å². The van der Waals surface area contributed by atoms with E-state index < -0.39 is 0 Å². The van der Waals surface area contributed by atoms with Gasteiger partial charge in [0.05, 0.1) is 7.11 Å². The normalized spacial score (nSPS) is 18.6. The number of methoxy groups -OCH3 is 1. The summed E-state index contributed by atoms with van der Waals surface area (Å²) in [5.41, 5.74) is 11.4. The van der Waals surface area contributed by atoms with Crippen LogP contribution >= 0.6 is 0 Å². The Labute approximate surface area is 168 Å². The number of benzene rings is 2. The highest BCUT2D eigenvalue weighted by molar-refractivity contribution is 5.69. The molecule has 0 fully saturated rings. The number of carbonyl (C=O) groups excluding carboxylic acids is 1. The van der Waals surface area contributed by atoms with E-state index in [-0.39, 0.29) is 5.97 Å². The van der Waals surface area contributed by atoms with Gasteiger partial charge in [0.2, 0.25) is 0 Å². The molecule has 0 atom stereocenters. The van der Waals surface area contributed by atoms with E-state index in [9.17, 15) is 4.79 Å². The van der Waals surface area contributed by atoms with Gasteiger partial charge in [-0.3, -0.25) is 4.79 Å². The van der Waals surface area contributed by atoms with Crippen molar-refractivity contribution in [2.75, 3.05) is 7.11 Å². The molecular formula is C26H30O2. The number of hydrogen-bond donors (Lipinski definition) is 0. The van der Waals surface area contributed by atoms with Crippen molar-refractivity contribution >= 4 is 5.97 Å². The molecule has 5 rings (SSSR count). The number of carbonyl (C=O) groups is 1. The third-order valence-electron chi connectivity index (χ3n) is 7.27. The fraction of sp³-hybridized carbons (Fsp3) is 0.500. The minimum absolute atomic E-state index is 0.105. The zero-order valence-corrected chi connectivity index (χ0v) is 17.0. The van der Waals surface area contributed by atoms with Crippen LogP contribution in [0.1, 0.15) is 64.6 Å². The SMILES string of the molecule is COC(=O)CCCc1ccc2c(c1)CC1(C2)Cc2cc3c(cc2C1)CCCC3. The molecule has 1 spiro atoms. The van der Waals surface area contributed by atoms with Crippen molar-refractivity contribution in [3.63, 3.8) is 0 Å². The van der Waals surface area contributed by atoms with Crippen molar-refractivity contribution in [1.29, 1.82) is 0 Å². The summed E-state index contributed by atoms with van der Waals surface area (Å²) in [7, 11) is 1.47. The zero-order valence-electron chi connectivity index (χ0n) is 17.0.